The number of rotatable bonds is 5. The van der Waals surface area contributed by atoms with Gasteiger partial charge in [0, 0.05) is 6.04 Å². The van der Waals surface area contributed by atoms with Crippen molar-refractivity contribution in [3.05, 3.63) is 0 Å². The molecule has 2 rings (SSSR count). The van der Waals surface area contributed by atoms with Crippen LogP contribution in [0.3, 0.4) is 0 Å². The topological polar surface area (TPSA) is 38.0 Å². The van der Waals surface area contributed by atoms with Crippen molar-refractivity contribution in [3.63, 3.8) is 0 Å². The molecule has 0 aromatic heterocycles. The first-order chi connectivity index (χ1) is 6.77. The van der Waals surface area contributed by atoms with Gasteiger partial charge in [-0.2, -0.15) is 0 Å². The Morgan fingerprint density at radius 2 is 2.00 bits per heavy atom. The summed E-state index contributed by atoms with van der Waals surface area (Å²) in [6.07, 6.45) is 6.94. The summed E-state index contributed by atoms with van der Waals surface area (Å²) in [5.41, 5.74) is 3.06. The first kappa shape index (κ1) is 10.4. The summed E-state index contributed by atoms with van der Waals surface area (Å²) in [4.78, 5) is 0. The van der Waals surface area contributed by atoms with E-state index < -0.39 is 0 Å². The molecule has 14 heavy (non-hydrogen) atoms. The zero-order chi connectivity index (χ0) is 10.1. The Balaban J connectivity index is 1.82. The number of hydrazine groups is 1. The third-order valence-corrected chi connectivity index (χ3v) is 4.50. The average Bonchev–Trinajstić information content (AvgIpc) is 2.69. The predicted molar refractivity (Wildman–Crippen MR) is 59.5 cm³/mol. The van der Waals surface area contributed by atoms with Crippen LogP contribution in [-0.4, -0.2) is 6.04 Å². The summed E-state index contributed by atoms with van der Waals surface area (Å²) in [6.45, 7) is 4.61. The molecule has 0 amide bonds. The molecule has 2 saturated carbocycles. The minimum atomic E-state index is 0.597. The Hall–Kier alpha value is -0.0800. The van der Waals surface area contributed by atoms with E-state index in [1.807, 2.05) is 0 Å². The zero-order valence-corrected chi connectivity index (χ0v) is 9.50. The molecule has 2 nitrogen and oxygen atoms in total. The van der Waals surface area contributed by atoms with E-state index in [1.165, 1.54) is 32.1 Å². The van der Waals surface area contributed by atoms with E-state index in [0.29, 0.717) is 6.04 Å². The van der Waals surface area contributed by atoms with Crippen LogP contribution in [0.15, 0.2) is 0 Å². The van der Waals surface area contributed by atoms with E-state index in [-0.39, 0.29) is 0 Å². The largest absolute Gasteiger partial charge is 0.271 e. The minimum absolute atomic E-state index is 0.597. The van der Waals surface area contributed by atoms with Gasteiger partial charge >= 0.3 is 0 Å². The van der Waals surface area contributed by atoms with Gasteiger partial charge in [0.2, 0.25) is 0 Å². The first-order valence-corrected chi connectivity index (χ1v) is 6.24. The van der Waals surface area contributed by atoms with Gasteiger partial charge in [0.25, 0.3) is 0 Å². The van der Waals surface area contributed by atoms with Crippen molar-refractivity contribution in [2.75, 3.05) is 0 Å². The van der Waals surface area contributed by atoms with E-state index in [9.17, 15) is 0 Å². The first-order valence-electron chi connectivity index (χ1n) is 6.24. The Morgan fingerprint density at radius 3 is 2.50 bits per heavy atom. The highest BCUT2D eigenvalue weighted by Crippen LogP contribution is 2.59. The summed E-state index contributed by atoms with van der Waals surface area (Å²) >= 11 is 0. The average molecular weight is 196 g/mol. The van der Waals surface area contributed by atoms with Crippen LogP contribution in [-0.2, 0) is 0 Å². The molecular formula is C12H24N2. The summed E-state index contributed by atoms with van der Waals surface area (Å²) < 4.78 is 0. The SMILES string of the molecule is CCC(C)CC(NN)C1C2CCCC21. The predicted octanol–water partition coefficient (Wildman–Crippen LogP) is 2.30. The van der Waals surface area contributed by atoms with E-state index in [2.05, 4.69) is 19.3 Å². The van der Waals surface area contributed by atoms with Crippen LogP contribution >= 0.6 is 0 Å². The quantitative estimate of drug-likeness (QED) is 0.523. The molecule has 0 bridgehead atoms. The van der Waals surface area contributed by atoms with Crippen LogP contribution < -0.4 is 11.3 Å². The van der Waals surface area contributed by atoms with Gasteiger partial charge in [-0.1, -0.05) is 26.7 Å². The monoisotopic (exact) mass is 196 g/mol. The molecule has 2 heteroatoms. The molecule has 0 aromatic rings. The van der Waals surface area contributed by atoms with Gasteiger partial charge in [0.05, 0.1) is 0 Å². The Labute approximate surface area is 87.6 Å². The fourth-order valence-corrected chi connectivity index (χ4v) is 3.41. The van der Waals surface area contributed by atoms with Gasteiger partial charge in [-0.15, -0.1) is 0 Å². The minimum Gasteiger partial charge on any atom is -0.271 e. The second-order valence-corrected chi connectivity index (χ2v) is 5.36. The van der Waals surface area contributed by atoms with Crippen molar-refractivity contribution < 1.29 is 0 Å². The molecule has 2 aliphatic rings. The van der Waals surface area contributed by atoms with E-state index in [1.54, 1.807) is 0 Å². The Bertz CT molecular complexity index is 183. The van der Waals surface area contributed by atoms with Crippen LogP contribution in [0.2, 0.25) is 0 Å². The lowest BCUT2D eigenvalue weighted by molar-refractivity contribution is 0.336. The Kier molecular flexibility index (Phi) is 3.13. The molecule has 2 fully saturated rings. The van der Waals surface area contributed by atoms with E-state index in [4.69, 9.17) is 5.84 Å². The van der Waals surface area contributed by atoms with E-state index in [0.717, 1.165) is 23.7 Å². The van der Waals surface area contributed by atoms with Crippen LogP contribution in [0.4, 0.5) is 0 Å². The lowest BCUT2D eigenvalue weighted by Crippen LogP contribution is -2.39. The number of fused-ring (bicyclic) bond motifs is 1. The van der Waals surface area contributed by atoms with Gasteiger partial charge in [0.1, 0.15) is 0 Å². The van der Waals surface area contributed by atoms with Gasteiger partial charge in [-0.05, 0) is 42.9 Å². The highest BCUT2D eigenvalue weighted by atomic mass is 15.2. The van der Waals surface area contributed by atoms with Crippen molar-refractivity contribution in [1.29, 1.82) is 0 Å². The highest BCUT2D eigenvalue weighted by Gasteiger charge is 2.55. The summed E-state index contributed by atoms with van der Waals surface area (Å²) in [5, 5.41) is 0. The lowest BCUT2D eigenvalue weighted by Gasteiger charge is -2.21. The lowest BCUT2D eigenvalue weighted by atomic mass is 9.93. The maximum absolute atomic E-state index is 5.67. The number of hydrogen-bond acceptors (Lipinski definition) is 2. The smallest absolute Gasteiger partial charge is 0.0246 e. The third-order valence-electron chi connectivity index (χ3n) is 4.50. The maximum atomic E-state index is 5.67. The van der Waals surface area contributed by atoms with Crippen molar-refractivity contribution in [2.24, 2.45) is 29.5 Å². The van der Waals surface area contributed by atoms with Gasteiger partial charge in [0.15, 0.2) is 0 Å². The maximum Gasteiger partial charge on any atom is 0.0246 e. The van der Waals surface area contributed by atoms with Gasteiger partial charge in [-0.25, -0.2) is 0 Å². The molecule has 0 spiro atoms. The van der Waals surface area contributed by atoms with Crippen molar-refractivity contribution >= 4 is 0 Å². The van der Waals surface area contributed by atoms with E-state index >= 15 is 0 Å². The molecule has 82 valence electrons. The molecule has 0 saturated heterocycles. The van der Waals surface area contributed by atoms with Gasteiger partial charge in [-0.3, -0.25) is 11.3 Å². The molecule has 0 aliphatic heterocycles. The number of hydrogen-bond donors (Lipinski definition) is 2. The molecule has 0 heterocycles. The van der Waals surface area contributed by atoms with Crippen molar-refractivity contribution in [2.45, 2.75) is 52.0 Å². The zero-order valence-electron chi connectivity index (χ0n) is 9.50. The molecule has 2 aliphatic carbocycles. The van der Waals surface area contributed by atoms with Gasteiger partial charge < -0.3 is 0 Å². The molecule has 0 aromatic carbocycles. The van der Waals surface area contributed by atoms with Crippen LogP contribution in [0.1, 0.15) is 46.0 Å². The normalized spacial score (nSPS) is 39.2. The van der Waals surface area contributed by atoms with Crippen LogP contribution in [0.5, 0.6) is 0 Å². The molecular weight excluding hydrogens is 172 g/mol. The second-order valence-electron chi connectivity index (χ2n) is 5.36. The molecule has 0 radical (unpaired) electrons. The summed E-state index contributed by atoms with van der Waals surface area (Å²) in [7, 11) is 0. The standard InChI is InChI=1S/C12H24N2/c1-3-8(2)7-11(14-13)12-9-5-4-6-10(9)12/h8-12,14H,3-7,13H2,1-2H3. The summed E-state index contributed by atoms with van der Waals surface area (Å²) in [5.74, 6) is 9.46. The fraction of sp³-hybridized carbons (Fsp3) is 1.00. The van der Waals surface area contributed by atoms with Crippen LogP contribution in [0.25, 0.3) is 0 Å². The van der Waals surface area contributed by atoms with Crippen molar-refractivity contribution in [3.8, 4) is 0 Å². The second kappa shape index (κ2) is 4.19. The molecule has 3 N–H and O–H groups in total. The Morgan fingerprint density at radius 1 is 1.36 bits per heavy atom. The highest BCUT2D eigenvalue weighted by molar-refractivity contribution is 5.05. The van der Waals surface area contributed by atoms with Crippen molar-refractivity contribution in [1.82, 2.24) is 5.43 Å². The summed E-state index contributed by atoms with van der Waals surface area (Å²) in [6, 6.07) is 0.597. The number of nitrogens with two attached hydrogens (primary N) is 1. The number of nitrogens with one attached hydrogen (secondary N) is 1. The third kappa shape index (κ3) is 1.82. The molecule has 4 unspecified atom stereocenters. The van der Waals surface area contributed by atoms with Crippen LogP contribution in [0, 0.1) is 23.7 Å². The molecule has 4 atom stereocenters. The fourth-order valence-electron chi connectivity index (χ4n) is 3.41.